The average molecular weight is 470 g/mol. The molecule has 1 fully saturated rings. The van der Waals surface area contributed by atoms with Crippen LogP contribution in [0.2, 0.25) is 0 Å². The average Bonchev–Trinajstić information content (AvgIpc) is 2.79. The number of benzene rings is 1. The summed E-state index contributed by atoms with van der Waals surface area (Å²) in [6, 6.07) is 7.49. The SMILES string of the molecule is C[C@@H]1CN([C@H](C)CO)C(=O)c2cc(-c3ccccc3F)cnc2O[C@H]1CN(C)C(=O)C1CCC1. The molecule has 1 N–H and O–H groups in total. The number of hydrogen-bond acceptors (Lipinski definition) is 5. The molecular weight excluding hydrogens is 437 g/mol. The van der Waals surface area contributed by atoms with Crippen molar-refractivity contribution in [2.45, 2.75) is 45.3 Å². The Labute approximate surface area is 199 Å². The predicted octanol–water partition coefficient (Wildman–Crippen LogP) is 3.37. The molecule has 1 aromatic carbocycles. The zero-order valence-electron chi connectivity index (χ0n) is 19.9. The first kappa shape index (κ1) is 24.1. The topological polar surface area (TPSA) is 83.0 Å². The highest BCUT2D eigenvalue weighted by atomic mass is 19.1. The van der Waals surface area contributed by atoms with Crippen LogP contribution in [0.3, 0.4) is 0 Å². The Balaban J connectivity index is 1.69. The molecule has 2 aliphatic rings. The highest BCUT2D eigenvalue weighted by molar-refractivity contribution is 5.98. The number of carbonyl (C=O) groups excluding carboxylic acids is 2. The lowest BCUT2D eigenvalue weighted by Gasteiger charge is -2.38. The van der Waals surface area contributed by atoms with Crippen LogP contribution in [0.1, 0.15) is 43.5 Å². The van der Waals surface area contributed by atoms with E-state index in [1.807, 2.05) is 6.92 Å². The van der Waals surface area contributed by atoms with Gasteiger partial charge in [-0.15, -0.1) is 0 Å². The van der Waals surface area contributed by atoms with E-state index in [1.165, 1.54) is 12.3 Å². The third kappa shape index (κ3) is 4.78. The molecule has 2 amide bonds. The lowest BCUT2D eigenvalue weighted by Crippen LogP contribution is -2.51. The molecule has 0 saturated heterocycles. The van der Waals surface area contributed by atoms with Gasteiger partial charge in [0.05, 0.1) is 19.2 Å². The number of halogens is 1. The zero-order chi connectivity index (χ0) is 24.4. The van der Waals surface area contributed by atoms with Crippen molar-refractivity contribution >= 4 is 11.8 Å². The molecule has 1 aliphatic carbocycles. The Bertz CT molecular complexity index is 1060. The minimum Gasteiger partial charge on any atom is -0.472 e. The van der Waals surface area contributed by atoms with Crippen molar-refractivity contribution < 1.29 is 23.8 Å². The second-order valence-electron chi connectivity index (χ2n) is 9.53. The maximum absolute atomic E-state index is 14.4. The molecule has 0 bridgehead atoms. The third-order valence-corrected chi connectivity index (χ3v) is 6.99. The fraction of sp³-hybridized carbons (Fsp3) is 0.500. The van der Waals surface area contributed by atoms with E-state index >= 15 is 0 Å². The van der Waals surface area contributed by atoms with Gasteiger partial charge in [-0.3, -0.25) is 9.59 Å². The molecule has 0 radical (unpaired) electrons. The summed E-state index contributed by atoms with van der Waals surface area (Å²) in [6.07, 6.45) is 4.02. The van der Waals surface area contributed by atoms with Crippen LogP contribution in [0.5, 0.6) is 5.88 Å². The summed E-state index contributed by atoms with van der Waals surface area (Å²) in [6.45, 7) is 4.26. The number of ether oxygens (including phenoxy) is 1. The number of carbonyl (C=O) groups is 2. The largest absolute Gasteiger partial charge is 0.472 e. The number of likely N-dealkylation sites (N-methyl/N-ethyl adjacent to an activating group) is 1. The van der Waals surface area contributed by atoms with Gasteiger partial charge in [0.15, 0.2) is 0 Å². The summed E-state index contributed by atoms with van der Waals surface area (Å²) in [5.74, 6) is -0.505. The Morgan fingerprint density at radius 3 is 2.71 bits per heavy atom. The first-order valence-electron chi connectivity index (χ1n) is 11.9. The maximum atomic E-state index is 14.4. The van der Waals surface area contributed by atoms with Gasteiger partial charge in [0.2, 0.25) is 11.8 Å². The van der Waals surface area contributed by atoms with Gasteiger partial charge in [-0.2, -0.15) is 0 Å². The number of amides is 2. The molecule has 8 heteroatoms. The van der Waals surface area contributed by atoms with E-state index in [0.29, 0.717) is 24.2 Å². The van der Waals surface area contributed by atoms with Gasteiger partial charge in [-0.05, 0) is 31.9 Å². The number of aliphatic hydroxyl groups is 1. The van der Waals surface area contributed by atoms with Gasteiger partial charge < -0.3 is 19.6 Å². The van der Waals surface area contributed by atoms with Crippen molar-refractivity contribution in [2.75, 3.05) is 26.7 Å². The molecule has 4 rings (SSSR count). The highest BCUT2D eigenvalue weighted by Crippen LogP contribution is 2.32. The number of hydrogen-bond donors (Lipinski definition) is 1. The first-order chi connectivity index (χ1) is 16.3. The van der Waals surface area contributed by atoms with Gasteiger partial charge in [-0.25, -0.2) is 9.37 Å². The molecule has 1 saturated carbocycles. The lowest BCUT2D eigenvalue weighted by molar-refractivity contribution is -0.138. The van der Waals surface area contributed by atoms with Crippen molar-refractivity contribution in [1.82, 2.24) is 14.8 Å². The summed E-state index contributed by atoms with van der Waals surface area (Å²) >= 11 is 0. The second-order valence-corrected chi connectivity index (χ2v) is 9.53. The van der Waals surface area contributed by atoms with E-state index in [9.17, 15) is 19.1 Å². The van der Waals surface area contributed by atoms with Crippen LogP contribution in [0.4, 0.5) is 4.39 Å². The molecule has 0 spiro atoms. The number of fused-ring (bicyclic) bond motifs is 1. The normalized spacial score (nSPS) is 21.6. The van der Waals surface area contributed by atoms with E-state index in [1.54, 1.807) is 48.0 Å². The minimum absolute atomic E-state index is 0.0788. The Hall–Kier alpha value is -3.00. The van der Waals surface area contributed by atoms with Gasteiger partial charge in [0.1, 0.15) is 17.5 Å². The van der Waals surface area contributed by atoms with E-state index < -0.39 is 18.0 Å². The summed E-state index contributed by atoms with van der Waals surface area (Å²) in [5, 5.41) is 9.81. The quantitative estimate of drug-likeness (QED) is 0.702. The lowest BCUT2D eigenvalue weighted by atomic mass is 9.84. The predicted molar refractivity (Wildman–Crippen MR) is 126 cm³/mol. The molecule has 7 nitrogen and oxygen atoms in total. The Morgan fingerprint density at radius 1 is 1.32 bits per heavy atom. The van der Waals surface area contributed by atoms with Crippen LogP contribution in [-0.4, -0.2) is 70.6 Å². The van der Waals surface area contributed by atoms with Gasteiger partial charge in [0, 0.05) is 42.8 Å². The molecule has 2 heterocycles. The maximum Gasteiger partial charge on any atom is 0.259 e. The van der Waals surface area contributed by atoms with Crippen molar-refractivity contribution in [2.24, 2.45) is 11.8 Å². The molecule has 3 atom stereocenters. The molecule has 1 aromatic heterocycles. The number of nitrogens with zero attached hydrogens (tertiary/aromatic N) is 3. The minimum atomic E-state index is -0.423. The Morgan fingerprint density at radius 2 is 2.06 bits per heavy atom. The van der Waals surface area contributed by atoms with Crippen molar-refractivity contribution in [1.29, 1.82) is 0 Å². The van der Waals surface area contributed by atoms with Gasteiger partial charge in [-0.1, -0.05) is 31.5 Å². The molecule has 2 aromatic rings. The standard InChI is InChI=1S/C26H32FN3O4/c1-16-13-30(17(2)15-31)26(33)21-11-19(20-9-4-5-10-22(20)27)12-28-24(21)34-23(16)14-29(3)25(32)18-7-6-8-18/h4-5,9-12,16-18,23,31H,6-8,13-15H2,1-3H3/t16-,17-,23+/m1/s1. The number of rotatable bonds is 6. The second kappa shape index (κ2) is 10.1. The smallest absolute Gasteiger partial charge is 0.259 e. The van der Waals surface area contributed by atoms with Crippen molar-refractivity contribution in [3.8, 4) is 17.0 Å². The summed E-state index contributed by atoms with van der Waals surface area (Å²) in [5.41, 5.74) is 1.02. The molecule has 0 unspecified atom stereocenters. The van der Waals surface area contributed by atoms with Crippen LogP contribution in [0.25, 0.3) is 11.1 Å². The van der Waals surface area contributed by atoms with E-state index in [4.69, 9.17) is 4.74 Å². The molecular formula is C26H32FN3O4. The highest BCUT2D eigenvalue weighted by Gasteiger charge is 2.36. The van der Waals surface area contributed by atoms with Crippen LogP contribution in [0, 0.1) is 17.7 Å². The number of aliphatic hydroxyl groups excluding tert-OH is 1. The third-order valence-electron chi connectivity index (χ3n) is 6.99. The van der Waals surface area contributed by atoms with E-state index in [2.05, 4.69) is 4.98 Å². The fourth-order valence-corrected chi connectivity index (χ4v) is 4.49. The van der Waals surface area contributed by atoms with Crippen LogP contribution >= 0.6 is 0 Å². The van der Waals surface area contributed by atoms with E-state index in [-0.39, 0.29) is 41.7 Å². The molecule has 182 valence electrons. The van der Waals surface area contributed by atoms with Crippen molar-refractivity contribution in [3.63, 3.8) is 0 Å². The fourth-order valence-electron chi connectivity index (χ4n) is 4.49. The molecule has 34 heavy (non-hydrogen) atoms. The van der Waals surface area contributed by atoms with Gasteiger partial charge >= 0.3 is 0 Å². The summed E-state index contributed by atoms with van der Waals surface area (Å²) < 4.78 is 20.7. The van der Waals surface area contributed by atoms with Crippen LogP contribution < -0.4 is 4.74 Å². The van der Waals surface area contributed by atoms with Crippen molar-refractivity contribution in [3.05, 3.63) is 47.9 Å². The Kier molecular flexibility index (Phi) is 7.16. The monoisotopic (exact) mass is 469 g/mol. The first-order valence-corrected chi connectivity index (χ1v) is 11.9. The molecule has 1 aliphatic heterocycles. The van der Waals surface area contributed by atoms with Crippen LogP contribution in [0.15, 0.2) is 36.5 Å². The van der Waals surface area contributed by atoms with Gasteiger partial charge in [0.25, 0.3) is 5.91 Å². The van der Waals surface area contributed by atoms with E-state index in [0.717, 1.165) is 19.3 Å². The summed E-state index contributed by atoms with van der Waals surface area (Å²) in [7, 11) is 1.78. The number of aromatic nitrogens is 1. The summed E-state index contributed by atoms with van der Waals surface area (Å²) in [4.78, 5) is 34.0. The zero-order valence-corrected chi connectivity index (χ0v) is 19.9. The van der Waals surface area contributed by atoms with Crippen LogP contribution in [-0.2, 0) is 4.79 Å². The number of pyridine rings is 1.